The van der Waals surface area contributed by atoms with Crippen LogP contribution in [-0.4, -0.2) is 4.98 Å². The van der Waals surface area contributed by atoms with E-state index in [1.807, 2.05) is 18.2 Å². The first kappa shape index (κ1) is 11.6. The lowest BCUT2D eigenvalue weighted by Gasteiger charge is -2.07. The van der Waals surface area contributed by atoms with E-state index in [4.69, 9.17) is 0 Å². The minimum absolute atomic E-state index is 0.812. The molecule has 4 heteroatoms. The number of benzene rings is 1. The van der Waals surface area contributed by atoms with Gasteiger partial charge in [-0.1, -0.05) is 17.7 Å². The molecule has 1 aromatic heterocycles. The van der Waals surface area contributed by atoms with E-state index >= 15 is 0 Å². The fourth-order valence-electron chi connectivity index (χ4n) is 1.28. The van der Waals surface area contributed by atoms with Crippen molar-refractivity contribution in [2.45, 2.75) is 6.92 Å². The molecule has 0 saturated heterocycles. The molecule has 16 heavy (non-hydrogen) atoms. The number of halogens is 2. The van der Waals surface area contributed by atoms with Crippen molar-refractivity contribution in [1.82, 2.24) is 4.98 Å². The van der Waals surface area contributed by atoms with Crippen LogP contribution in [-0.2, 0) is 0 Å². The van der Waals surface area contributed by atoms with E-state index in [0.29, 0.717) is 0 Å². The second-order valence-electron chi connectivity index (χ2n) is 3.47. The average Bonchev–Trinajstić information content (AvgIpc) is 2.25. The predicted molar refractivity (Wildman–Crippen MR) is 74.1 cm³/mol. The van der Waals surface area contributed by atoms with Crippen LogP contribution >= 0.6 is 31.9 Å². The van der Waals surface area contributed by atoms with E-state index in [1.54, 1.807) is 6.20 Å². The van der Waals surface area contributed by atoms with Gasteiger partial charge >= 0.3 is 0 Å². The summed E-state index contributed by atoms with van der Waals surface area (Å²) in [6, 6.07) is 10.2. The Morgan fingerprint density at radius 3 is 2.44 bits per heavy atom. The maximum atomic E-state index is 4.29. The molecule has 0 radical (unpaired) electrons. The van der Waals surface area contributed by atoms with Crippen LogP contribution in [0.4, 0.5) is 11.5 Å². The zero-order valence-electron chi connectivity index (χ0n) is 8.67. The van der Waals surface area contributed by atoms with E-state index in [0.717, 1.165) is 20.5 Å². The molecular formula is C12H10Br2N2. The zero-order chi connectivity index (χ0) is 11.5. The molecular weight excluding hydrogens is 332 g/mol. The molecule has 82 valence electrons. The molecule has 2 nitrogen and oxygen atoms in total. The Hall–Kier alpha value is -0.870. The van der Waals surface area contributed by atoms with Gasteiger partial charge in [0.2, 0.25) is 0 Å². The third kappa shape index (κ3) is 2.83. The third-order valence-electron chi connectivity index (χ3n) is 2.12. The summed E-state index contributed by atoms with van der Waals surface area (Å²) in [4.78, 5) is 4.29. The average molecular weight is 342 g/mol. The molecule has 2 aromatic rings. The highest BCUT2D eigenvalue weighted by Crippen LogP contribution is 2.26. The van der Waals surface area contributed by atoms with Crippen LogP contribution in [0.25, 0.3) is 0 Å². The number of hydrogen-bond donors (Lipinski definition) is 1. The van der Waals surface area contributed by atoms with E-state index in [1.165, 1.54) is 5.56 Å². The Labute approximate surface area is 111 Å². The minimum atomic E-state index is 0.812. The van der Waals surface area contributed by atoms with Crippen LogP contribution in [0.15, 0.2) is 45.5 Å². The summed E-state index contributed by atoms with van der Waals surface area (Å²) in [5.41, 5.74) is 2.27. The van der Waals surface area contributed by atoms with Crippen LogP contribution in [0.3, 0.4) is 0 Å². The van der Waals surface area contributed by atoms with Crippen LogP contribution < -0.4 is 5.32 Å². The molecule has 0 fully saturated rings. The second-order valence-corrected chi connectivity index (χ2v) is 5.25. The Kier molecular flexibility index (Phi) is 3.61. The zero-order valence-corrected chi connectivity index (χ0v) is 11.8. The first-order valence-electron chi connectivity index (χ1n) is 4.80. The first-order chi connectivity index (χ1) is 7.65. The van der Waals surface area contributed by atoms with Crippen molar-refractivity contribution in [1.29, 1.82) is 0 Å². The van der Waals surface area contributed by atoms with E-state index in [-0.39, 0.29) is 0 Å². The topological polar surface area (TPSA) is 24.9 Å². The van der Waals surface area contributed by atoms with Crippen molar-refractivity contribution in [3.63, 3.8) is 0 Å². The maximum absolute atomic E-state index is 4.29. The smallest absolute Gasteiger partial charge is 0.144 e. The van der Waals surface area contributed by atoms with Gasteiger partial charge in [0.15, 0.2) is 0 Å². The fourth-order valence-corrected chi connectivity index (χ4v) is 2.37. The molecule has 0 spiro atoms. The van der Waals surface area contributed by atoms with Crippen LogP contribution in [0.2, 0.25) is 0 Å². The van der Waals surface area contributed by atoms with Crippen molar-refractivity contribution < 1.29 is 0 Å². The molecule has 0 atom stereocenters. The summed E-state index contributed by atoms with van der Waals surface area (Å²) >= 11 is 6.84. The monoisotopic (exact) mass is 340 g/mol. The molecule has 0 aliphatic heterocycles. The lowest BCUT2D eigenvalue weighted by atomic mass is 10.2. The number of hydrogen-bond acceptors (Lipinski definition) is 2. The number of anilines is 2. The molecule has 0 unspecified atom stereocenters. The quantitative estimate of drug-likeness (QED) is 0.859. The summed E-state index contributed by atoms with van der Waals surface area (Å²) in [6.45, 7) is 2.07. The van der Waals surface area contributed by atoms with Gasteiger partial charge in [0, 0.05) is 16.4 Å². The summed E-state index contributed by atoms with van der Waals surface area (Å²) in [5, 5.41) is 3.25. The molecule has 0 aliphatic rings. The van der Waals surface area contributed by atoms with Gasteiger partial charge < -0.3 is 5.32 Å². The second kappa shape index (κ2) is 4.97. The van der Waals surface area contributed by atoms with Gasteiger partial charge in [-0.25, -0.2) is 4.98 Å². The lowest BCUT2D eigenvalue weighted by Crippen LogP contribution is -1.94. The van der Waals surface area contributed by atoms with Crippen molar-refractivity contribution in [2.24, 2.45) is 0 Å². The molecule has 0 aliphatic carbocycles. The number of pyridine rings is 1. The van der Waals surface area contributed by atoms with Crippen LogP contribution in [0, 0.1) is 6.92 Å². The van der Waals surface area contributed by atoms with Crippen LogP contribution in [0.1, 0.15) is 5.56 Å². The summed E-state index contributed by atoms with van der Waals surface area (Å²) in [6.07, 6.45) is 1.77. The van der Waals surface area contributed by atoms with Gasteiger partial charge in [-0.2, -0.15) is 0 Å². The highest BCUT2D eigenvalue weighted by molar-refractivity contribution is 9.11. The van der Waals surface area contributed by atoms with Crippen molar-refractivity contribution >= 4 is 43.4 Å². The van der Waals surface area contributed by atoms with Gasteiger partial charge in [-0.15, -0.1) is 0 Å². The van der Waals surface area contributed by atoms with Crippen molar-refractivity contribution in [3.8, 4) is 0 Å². The van der Waals surface area contributed by atoms with E-state index in [9.17, 15) is 0 Å². The highest BCUT2D eigenvalue weighted by Gasteiger charge is 2.02. The molecule has 1 aromatic carbocycles. The lowest BCUT2D eigenvalue weighted by molar-refractivity contribution is 1.27. The molecule has 0 saturated carbocycles. The molecule has 0 bridgehead atoms. The van der Waals surface area contributed by atoms with Gasteiger partial charge in [0.25, 0.3) is 0 Å². The Morgan fingerprint density at radius 2 is 1.81 bits per heavy atom. The van der Waals surface area contributed by atoms with Crippen LogP contribution in [0.5, 0.6) is 0 Å². The van der Waals surface area contributed by atoms with Gasteiger partial charge in [-0.05, 0) is 57.0 Å². The molecule has 2 rings (SSSR count). The third-order valence-corrected chi connectivity index (χ3v) is 3.16. The van der Waals surface area contributed by atoms with Gasteiger partial charge in [0.1, 0.15) is 5.82 Å². The molecule has 0 amide bonds. The Bertz CT molecular complexity index is 495. The van der Waals surface area contributed by atoms with E-state index < -0.39 is 0 Å². The summed E-state index contributed by atoms with van der Waals surface area (Å²) < 4.78 is 1.89. The Morgan fingerprint density at radius 1 is 1.12 bits per heavy atom. The number of aromatic nitrogens is 1. The largest absolute Gasteiger partial charge is 0.339 e. The summed E-state index contributed by atoms with van der Waals surface area (Å²) in [7, 11) is 0. The first-order valence-corrected chi connectivity index (χ1v) is 6.38. The number of aryl methyl sites for hydroxylation is 1. The number of rotatable bonds is 2. The van der Waals surface area contributed by atoms with Crippen molar-refractivity contribution in [2.75, 3.05) is 5.32 Å². The maximum Gasteiger partial charge on any atom is 0.144 e. The fraction of sp³-hybridized carbons (Fsp3) is 0.0833. The number of nitrogens with zero attached hydrogens (tertiary/aromatic N) is 1. The summed E-state index contributed by atoms with van der Waals surface area (Å²) in [5.74, 6) is 0.812. The minimum Gasteiger partial charge on any atom is -0.339 e. The Balaban J connectivity index is 2.23. The normalized spacial score (nSPS) is 10.2. The van der Waals surface area contributed by atoms with Gasteiger partial charge in [-0.3, -0.25) is 0 Å². The van der Waals surface area contributed by atoms with Gasteiger partial charge in [0.05, 0.1) is 4.47 Å². The SMILES string of the molecule is Cc1ccc(Nc2ncc(Br)cc2Br)cc1. The van der Waals surface area contributed by atoms with Crippen molar-refractivity contribution in [3.05, 3.63) is 51.0 Å². The van der Waals surface area contributed by atoms with E-state index in [2.05, 4.69) is 61.2 Å². The predicted octanol–water partition coefficient (Wildman–Crippen LogP) is 4.66. The molecule has 1 N–H and O–H groups in total. The highest BCUT2D eigenvalue weighted by atomic mass is 79.9. The standard InChI is InChI=1S/C12H10Br2N2/c1-8-2-4-10(5-3-8)16-12-11(14)6-9(13)7-15-12/h2-7H,1H3,(H,15,16). The molecule has 1 heterocycles. The number of nitrogens with one attached hydrogen (secondary N) is 1.